The third-order valence-electron chi connectivity index (χ3n) is 3.64. The van der Waals surface area contributed by atoms with Gasteiger partial charge in [0.2, 0.25) is 5.91 Å². The fourth-order valence-electron chi connectivity index (χ4n) is 2.51. The van der Waals surface area contributed by atoms with E-state index in [1.165, 1.54) is 0 Å². The second-order valence-electron chi connectivity index (χ2n) is 5.30. The highest BCUT2D eigenvalue weighted by Crippen LogP contribution is 2.19. The Hall–Kier alpha value is -1.37. The summed E-state index contributed by atoms with van der Waals surface area (Å²) in [5, 5.41) is 4.22. The number of likely N-dealkylation sites (tertiary alicyclic amines) is 1. The monoisotopic (exact) mass is 299 g/mol. The minimum absolute atomic E-state index is 0.00952. The van der Waals surface area contributed by atoms with Crippen LogP contribution in [0.2, 0.25) is 0 Å². The molecule has 6 nitrogen and oxygen atoms in total. The van der Waals surface area contributed by atoms with Gasteiger partial charge in [0.1, 0.15) is 5.75 Å². The van der Waals surface area contributed by atoms with Crippen LogP contribution in [0.4, 0.5) is 0 Å². The predicted molar refractivity (Wildman–Crippen MR) is 76.0 cm³/mol. The summed E-state index contributed by atoms with van der Waals surface area (Å²) in [6, 6.07) is 0.0499. The predicted octanol–water partition coefficient (Wildman–Crippen LogP) is 0.617. The molecule has 0 spiro atoms. The number of carbonyl (C=O) groups is 1. The molecule has 0 bridgehead atoms. The summed E-state index contributed by atoms with van der Waals surface area (Å²) in [4.78, 5) is 13.8. The summed E-state index contributed by atoms with van der Waals surface area (Å²) in [5.74, 6) is -0.647. The SMILES string of the molecule is CCS(=O)(=O)CC(=O)N1CCC[C@@H]1Cn1cc(C)cn1. The molecule has 1 atom stereocenters. The van der Waals surface area contributed by atoms with Gasteiger partial charge in [-0.3, -0.25) is 9.48 Å². The van der Waals surface area contributed by atoms with Crippen molar-refractivity contribution < 1.29 is 13.2 Å². The van der Waals surface area contributed by atoms with Crippen molar-refractivity contribution in [2.75, 3.05) is 18.1 Å². The zero-order valence-electron chi connectivity index (χ0n) is 11.9. The third-order valence-corrected chi connectivity index (χ3v) is 5.21. The standard InChI is InChI=1S/C13H21N3O3S/c1-3-20(18,19)10-13(17)16-6-4-5-12(16)9-15-8-11(2)7-14-15/h7-8,12H,3-6,9-10H2,1-2H3/t12-/m1/s1. The minimum Gasteiger partial charge on any atom is -0.337 e. The van der Waals surface area contributed by atoms with Crippen LogP contribution in [-0.2, 0) is 21.2 Å². The first-order chi connectivity index (χ1) is 9.41. The van der Waals surface area contributed by atoms with Crippen molar-refractivity contribution in [2.45, 2.75) is 39.3 Å². The summed E-state index contributed by atoms with van der Waals surface area (Å²) >= 11 is 0. The van der Waals surface area contributed by atoms with Gasteiger partial charge in [-0.2, -0.15) is 5.10 Å². The van der Waals surface area contributed by atoms with E-state index in [4.69, 9.17) is 0 Å². The number of carbonyl (C=O) groups excluding carboxylic acids is 1. The molecule has 1 saturated heterocycles. The first-order valence-corrected chi connectivity index (χ1v) is 8.72. The van der Waals surface area contributed by atoms with Crippen molar-refractivity contribution in [1.29, 1.82) is 0 Å². The number of aromatic nitrogens is 2. The van der Waals surface area contributed by atoms with E-state index in [0.29, 0.717) is 13.1 Å². The molecule has 20 heavy (non-hydrogen) atoms. The molecule has 1 aromatic heterocycles. The molecule has 0 unspecified atom stereocenters. The molecule has 0 saturated carbocycles. The summed E-state index contributed by atoms with van der Waals surface area (Å²) in [7, 11) is -3.26. The molecule has 1 aliphatic rings. The lowest BCUT2D eigenvalue weighted by atomic mass is 10.2. The highest BCUT2D eigenvalue weighted by atomic mass is 32.2. The molecule has 0 N–H and O–H groups in total. The quantitative estimate of drug-likeness (QED) is 0.799. The Labute approximate surface area is 119 Å². The second kappa shape index (κ2) is 5.95. The largest absolute Gasteiger partial charge is 0.337 e. The lowest BCUT2D eigenvalue weighted by Crippen LogP contribution is -2.41. The zero-order valence-corrected chi connectivity index (χ0v) is 12.8. The van der Waals surface area contributed by atoms with Crippen LogP contribution in [0.25, 0.3) is 0 Å². The van der Waals surface area contributed by atoms with Crippen molar-refractivity contribution in [1.82, 2.24) is 14.7 Å². The van der Waals surface area contributed by atoms with Gasteiger partial charge in [0.15, 0.2) is 9.84 Å². The summed E-state index contributed by atoms with van der Waals surface area (Å²) in [6.07, 6.45) is 5.53. The summed E-state index contributed by atoms with van der Waals surface area (Å²) in [6.45, 7) is 4.81. The molecule has 1 aliphatic heterocycles. The van der Waals surface area contributed by atoms with E-state index in [1.54, 1.807) is 18.0 Å². The van der Waals surface area contributed by atoms with E-state index in [9.17, 15) is 13.2 Å². The van der Waals surface area contributed by atoms with Crippen molar-refractivity contribution in [3.05, 3.63) is 18.0 Å². The van der Waals surface area contributed by atoms with Gasteiger partial charge in [0.25, 0.3) is 0 Å². The fourth-order valence-corrected chi connectivity index (χ4v) is 3.26. The summed E-state index contributed by atoms with van der Waals surface area (Å²) in [5.41, 5.74) is 1.08. The van der Waals surface area contributed by atoms with Gasteiger partial charge in [0.05, 0.1) is 18.8 Å². The van der Waals surface area contributed by atoms with Crippen LogP contribution in [0.5, 0.6) is 0 Å². The van der Waals surface area contributed by atoms with Crippen LogP contribution in [0.15, 0.2) is 12.4 Å². The Kier molecular flexibility index (Phi) is 4.47. The van der Waals surface area contributed by atoms with E-state index < -0.39 is 9.84 Å². The average Bonchev–Trinajstić information content (AvgIpc) is 2.98. The lowest BCUT2D eigenvalue weighted by molar-refractivity contribution is -0.129. The van der Waals surface area contributed by atoms with E-state index >= 15 is 0 Å². The molecule has 2 heterocycles. The van der Waals surface area contributed by atoms with Crippen LogP contribution < -0.4 is 0 Å². The van der Waals surface area contributed by atoms with E-state index in [1.807, 2.05) is 17.8 Å². The summed E-state index contributed by atoms with van der Waals surface area (Å²) < 4.78 is 25.0. The van der Waals surface area contributed by atoms with Crippen LogP contribution >= 0.6 is 0 Å². The number of amides is 1. The number of sulfone groups is 1. The molecular formula is C13H21N3O3S. The van der Waals surface area contributed by atoms with E-state index in [0.717, 1.165) is 18.4 Å². The fraction of sp³-hybridized carbons (Fsp3) is 0.692. The van der Waals surface area contributed by atoms with E-state index in [2.05, 4.69) is 5.10 Å². The number of rotatable bonds is 5. The maximum Gasteiger partial charge on any atom is 0.238 e. The highest BCUT2D eigenvalue weighted by molar-refractivity contribution is 7.92. The maximum absolute atomic E-state index is 12.1. The van der Waals surface area contributed by atoms with Gasteiger partial charge in [-0.25, -0.2) is 8.42 Å². The molecule has 0 radical (unpaired) electrons. The van der Waals surface area contributed by atoms with Gasteiger partial charge in [-0.05, 0) is 25.3 Å². The van der Waals surface area contributed by atoms with Gasteiger partial charge in [-0.15, -0.1) is 0 Å². The maximum atomic E-state index is 12.1. The van der Waals surface area contributed by atoms with Gasteiger partial charge >= 0.3 is 0 Å². The molecule has 1 amide bonds. The average molecular weight is 299 g/mol. The lowest BCUT2D eigenvalue weighted by Gasteiger charge is -2.24. The van der Waals surface area contributed by atoms with Crippen molar-refractivity contribution in [2.24, 2.45) is 0 Å². The van der Waals surface area contributed by atoms with Crippen LogP contribution in [0, 0.1) is 6.92 Å². The molecule has 1 fully saturated rings. The number of hydrogen-bond donors (Lipinski definition) is 0. The second-order valence-corrected chi connectivity index (χ2v) is 7.65. The normalized spacial score (nSPS) is 19.5. The van der Waals surface area contributed by atoms with Crippen molar-refractivity contribution in [3.8, 4) is 0 Å². The van der Waals surface area contributed by atoms with Gasteiger partial charge in [0, 0.05) is 18.5 Å². The molecule has 7 heteroatoms. The molecule has 1 aromatic rings. The molecular weight excluding hydrogens is 278 g/mol. The van der Waals surface area contributed by atoms with Crippen molar-refractivity contribution >= 4 is 15.7 Å². The molecule has 2 rings (SSSR count). The molecule has 0 aromatic carbocycles. The number of nitrogens with zero attached hydrogens (tertiary/aromatic N) is 3. The van der Waals surface area contributed by atoms with Crippen LogP contribution in [0.3, 0.4) is 0 Å². The minimum atomic E-state index is -3.26. The molecule has 112 valence electrons. The topological polar surface area (TPSA) is 72.3 Å². The number of hydrogen-bond acceptors (Lipinski definition) is 4. The van der Waals surface area contributed by atoms with E-state index in [-0.39, 0.29) is 23.5 Å². The van der Waals surface area contributed by atoms with Crippen molar-refractivity contribution in [3.63, 3.8) is 0 Å². The third kappa shape index (κ3) is 3.59. The zero-order chi connectivity index (χ0) is 14.8. The smallest absolute Gasteiger partial charge is 0.238 e. The Balaban J connectivity index is 2.02. The van der Waals surface area contributed by atoms with Gasteiger partial charge < -0.3 is 4.90 Å². The Bertz CT molecular complexity index is 579. The first-order valence-electron chi connectivity index (χ1n) is 6.90. The Morgan fingerprint density at radius 2 is 2.25 bits per heavy atom. The Morgan fingerprint density at radius 1 is 1.50 bits per heavy atom. The van der Waals surface area contributed by atoms with Gasteiger partial charge in [-0.1, -0.05) is 6.92 Å². The number of aryl methyl sites for hydroxylation is 1. The molecule has 0 aliphatic carbocycles. The first kappa shape index (κ1) is 15.0. The highest BCUT2D eigenvalue weighted by Gasteiger charge is 2.31. The van der Waals surface area contributed by atoms with Crippen LogP contribution in [0.1, 0.15) is 25.3 Å². The van der Waals surface area contributed by atoms with Crippen LogP contribution in [-0.4, -0.2) is 53.1 Å². The Morgan fingerprint density at radius 3 is 2.85 bits per heavy atom.